The van der Waals surface area contributed by atoms with Crippen molar-refractivity contribution in [1.29, 1.82) is 0 Å². The Balaban J connectivity index is 1.99. The van der Waals surface area contributed by atoms with E-state index in [1.165, 1.54) is 35.9 Å². The van der Waals surface area contributed by atoms with Gasteiger partial charge in [-0.05, 0) is 55.3 Å². The highest BCUT2D eigenvalue weighted by atomic mass is 32.1. The average Bonchev–Trinajstić information content (AvgIpc) is 2.73. The molecule has 0 unspecified atom stereocenters. The van der Waals surface area contributed by atoms with E-state index in [0.29, 0.717) is 5.41 Å². The third kappa shape index (κ3) is 1.36. The number of piperidine rings is 1. The highest BCUT2D eigenvalue weighted by molar-refractivity contribution is 7.19. The van der Waals surface area contributed by atoms with E-state index in [-0.39, 0.29) is 0 Å². The summed E-state index contributed by atoms with van der Waals surface area (Å²) in [5, 5.41) is 1.53. The summed E-state index contributed by atoms with van der Waals surface area (Å²) >= 11 is 2.03. The zero-order valence-electron chi connectivity index (χ0n) is 11.1. The second-order valence-electron chi connectivity index (χ2n) is 6.25. The van der Waals surface area contributed by atoms with E-state index >= 15 is 0 Å². The van der Waals surface area contributed by atoms with Gasteiger partial charge in [0.1, 0.15) is 0 Å². The predicted octanol–water partition coefficient (Wildman–Crippen LogP) is 3.81. The first-order valence-electron chi connectivity index (χ1n) is 6.88. The number of nitrogens with zero attached hydrogens (tertiary/aromatic N) is 1. The summed E-state index contributed by atoms with van der Waals surface area (Å²) in [6, 6.07) is 9.75. The average molecular weight is 257 g/mol. The van der Waals surface area contributed by atoms with Crippen LogP contribution in [0.25, 0.3) is 10.1 Å². The molecule has 2 heteroatoms. The van der Waals surface area contributed by atoms with E-state index in [1.807, 2.05) is 11.3 Å². The molecule has 2 heterocycles. The van der Waals surface area contributed by atoms with Crippen LogP contribution in [-0.4, -0.2) is 24.5 Å². The van der Waals surface area contributed by atoms with Gasteiger partial charge in [0.05, 0.1) is 0 Å². The molecule has 1 aromatic heterocycles. The van der Waals surface area contributed by atoms with Crippen LogP contribution in [0.2, 0.25) is 0 Å². The quantitative estimate of drug-likeness (QED) is 0.693. The number of likely N-dealkylation sites (N-methyl/N-ethyl adjacent to an activating group) is 1. The van der Waals surface area contributed by atoms with E-state index < -0.39 is 0 Å². The van der Waals surface area contributed by atoms with Crippen LogP contribution in [0.1, 0.15) is 30.2 Å². The lowest BCUT2D eigenvalue weighted by atomic mass is 9.66. The van der Waals surface area contributed by atoms with Crippen molar-refractivity contribution in [2.75, 3.05) is 13.6 Å². The summed E-state index contributed by atoms with van der Waals surface area (Å²) in [6.45, 7) is 3.74. The van der Waals surface area contributed by atoms with Crippen molar-refractivity contribution in [1.82, 2.24) is 4.90 Å². The standard InChI is InChI=1S/C16H19NS/c1-16-7-8-17(2)11(10-16)9-14-15(16)12-5-3-4-6-13(12)18-14/h3-6,11H,7-10H2,1-2H3/t11-,16+/m0/s1. The monoisotopic (exact) mass is 257 g/mol. The molecule has 18 heavy (non-hydrogen) atoms. The summed E-state index contributed by atoms with van der Waals surface area (Å²) in [5.74, 6) is 0. The van der Waals surface area contributed by atoms with Gasteiger partial charge in [0.2, 0.25) is 0 Å². The molecule has 1 aromatic carbocycles. The maximum atomic E-state index is 2.56. The molecule has 2 atom stereocenters. The smallest absolute Gasteiger partial charge is 0.0348 e. The molecule has 2 bridgehead atoms. The summed E-state index contributed by atoms with van der Waals surface area (Å²) in [7, 11) is 2.29. The maximum Gasteiger partial charge on any atom is 0.0348 e. The van der Waals surface area contributed by atoms with E-state index in [4.69, 9.17) is 0 Å². The normalized spacial score (nSPS) is 31.6. The third-order valence-electron chi connectivity index (χ3n) is 5.02. The lowest BCUT2D eigenvalue weighted by Gasteiger charge is -2.47. The van der Waals surface area contributed by atoms with Gasteiger partial charge in [-0.15, -0.1) is 11.3 Å². The van der Waals surface area contributed by atoms with Crippen molar-refractivity contribution in [2.45, 2.75) is 37.6 Å². The summed E-state index contributed by atoms with van der Waals surface area (Å²) in [4.78, 5) is 4.22. The molecule has 2 aliphatic rings. The summed E-state index contributed by atoms with van der Waals surface area (Å²) in [5.41, 5.74) is 2.11. The van der Waals surface area contributed by atoms with E-state index in [2.05, 4.69) is 43.1 Å². The first-order chi connectivity index (χ1) is 8.67. The molecule has 0 saturated carbocycles. The predicted molar refractivity (Wildman–Crippen MR) is 78.5 cm³/mol. The fraction of sp³-hybridized carbons (Fsp3) is 0.500. The number of benzene rings is 1. The van der Waals surface area contributed by atoms with E-state index in [9.17, 15) is 0 Å². The van der Waals surface area contributed by atoms with Gasteiger partial charge in [0.25, 0.3) is 0 Å². The number of hydrogen-bond donors (Lipinski definition) is 0. The molecular formula is C16H19NS. The molecular weight excluding hydrogens is 238 g/mol. The Hall–Kier alpha value is -0.860. The van der Waals surface area contributed by atoms with Crippen LogP contribution in [0.4, 0.5) is 0 Å². The molecule has 1 saturated heterocycles. The molecule has 4 rings (SSSR count). The van der Waals surface area contributed by atoms with Crippen LogP contribution in [-0.2, 0) is 11.8 Å². The lowest BCUT2D eigenvalue weighted by Crippen LogP contribution is -2.49. The summed E-state index contributed by atoms with van der Waals surface area (Å²) in [6.07, 6.45) is 3.92. The van der Waals surface area contributed by atoms with Crippen molar-refractivity contribution in [2.24, 2.45) is 0 Å². The molecule has 0 amide bonds. The minimum Gasteiger partial charge on any atom is -0.303 e. The Kier molecular flexibility index (Phi) is 2.19. The largest absolute Gasteiger partial charge is 0.303 e. The van der Waals surface area contributed by atoms with Crippen LogP contribution >= 0.6 is 11.3 Å². The maximum absolute atomic E-state index is 2.56. The lowest BCUT2D eigenvalue weighted by molar-refractivity contribution is 0.115. The second-order valence-corrected chi connectivity index (χ2v) is 7.39. The number of likely N-dealkylation sites (tertiary alicyclic amines) is 1. The SMILES string of the molecule is CN1CC[C@]2(C)C[C@@H]1Cc1sc3ccccc3c12. The Bertz CT molecular complexity index is 615. The number of thiophene rings is 1. The number of hydrogen-bond acceptors (Lipinski definition) is 2. The van der Waals surface area contributed by atoms with Gasteiger partial charge < -0.3 is 4.90 Å². The molecule has 1 aliphatic heterocycles. The fourth-order valence-electron chi connectivity index (χ4n) is 3.95. The molecule has 0 N–H and O–H groups in total. The first kappa shape index (κ1) is 11.0. The third-order valence-corrected chi connectivity index (χ3v) is 6.21. The minimum absolute atomic E-state index is 0.421. The van der Waals surface area contributed by atoms with Crippen LogP contribution in [0.3, 0.4) is 0 Å². The van der Waals surface area contributed by atoms with Crippen LogP contribution < -0.4 is 0 Å². The Morgan fingerprint density at radius 3 is 3.06 bits per heavy atom. The van der Waals surface area contributed by atoms with Crippen LogP contribution in [0.15, 0.2) is 24.3 Å². The van der Waals surface area contributed by atoms with E-state index in [0.717, 1.165) is 6.04 Å². The minimum atomic E-state index is 0.421. The Morgan fingerprint density at radius 1 is 1.33 bits per heavy atom. The molecule has 1 fully saturated rings. The van der Waals surface area contributed by atoms with Crippen molar-refractivity contribution in [3.8, 4) is 0 Å². The number of fused-ring (bicyclic) bond motifs is 6. The molecule has 94 valence electrons. The molecule has 2 aromatic rings. The van der Waals surface area contributed by atoms with Crippen molar-refractivity contribution >= 4 is 21.4 Å². The van der Waals surface area contributed by atoms with E-state index in [1.54, 1.807) is 10.4 Å². The van der Waals surface area contributed by atoms with Crippen LogP contribution in [0.5, 0.6) is 0 Å². The van der Waals surface area contributed by atoms with Gasteiger partial charge in [-0.3, -0.25) is 0 Å². The Morgan fingerprint density at radius 2 is 2.17 bits per heavy atom. The van der Waals surface area contributed by atoms with Gasteiger partial charge in [-0.1, -0.05) is 25.1 Å². The molecule has 0 radical (unpaired) electrons. The molecule has 1 aliphatic carbocycles. The number of rotatable bonds is 0. The Labute approximate surface area is 112 Å². The van der Waals surface area contributed by atoms with Gasteiger partial charge in [-0.25, -0.2) is 0 Å². The topological polar surface area (TPSA) is 3.24 Å². The van der Waals surface area contributed by atoms with Gasteiger partial charge in [0, 0.05) is 15.6 Å². The summed E-state index contributed by atoms with van der Waals surface area (Å²) < 4.78 is 1.49. The van der Waals surface area contributed by atoms with Crippen molar-refractivity contribution in [3.63, 3.8) is 0 Å². The van der Waals surface area contributed by atoms with Gasteiger partial charge >= 0.3 is 0 Å². The zero-order chi connectivity index (χ0) is 12.3. The first-order valence-corrected chi connectivity index (χ1v) is 7.70. The highest BCUT2D eigenvalue weighted by Crippen LogP contribution is 2.50. The molecule has 0 spiro atoms. The zero-order valence-corrected chi connectivity index (χ0v) is 11.9. The van der Waals surface area contributed by atoms with Crippen LogP contribution in [0, 0.1) is 0 Å². The van der Waals surface area contributed by atoms with Crippen molar-refractivity contribution < 1.29 is 0 Å². The highest BCUT2D eigenvalue weighted by Gasteiger charge is 2.43. The van der Waals surface area contributed by atoms with Crippen molar-refractivity contribution in [3.05, 3.63) is 34.7 Å². The fourth-order valence-corrected chi connectivity index (χ4v) is 5.38. The second kappa shape index (κ2) is 3.58. The van der Waals surface area contributed by atoms with Gasteiger partial charge in [-0.2, -0.15) is 0 Å². The molecule has 1 nitrogen and oxygen atoms in total. The van der Waals surface area contributed by atoms with Gasteiger partial charge in [0.15, 0.2) is 0 Å².